The predicted octanol–water partition coefficient (Wildman–Crippen LogP) is 6.52. The molecular formula is C23H40O2. The second-order valence-corrected chi connectivity index (χ2v) is 9.46. The topological polar surface area (TPSA) is 26.3 Å². The van der Waals surface area contributed by atoms with Crippen molar-refractivity contribution in [1.82, 2.24) is 0 Å². The molecule has 1 aliphatic heterocycles. The maximum absolute atomic E-state index is 12.6. The normalized spacial score (nSPS) is 39.8. The lowest BCUT2D eigenvalue weighted by Gasteiger charge is -2.40. The first-order valence-corrected chi connectivity index (χ1v) is 11.4. The highest BCUT2D eigenvalue weighted by atomic mass is 16.5. The minimum atomic E-state index is 0.154. The van der Waals surface area contributed by atoms with E-state index in [2.05, 4.69) is 13.8 Å². The molecule has 2 heteroatoms. The zero-order chi connectivity index (χ0) is 17.6. The van der Waals surface area contributed by atoms with E-state index in [9.17, 15) is 4.79 Å². The monoisotopic (exact) mass is 348 g/mol. The number of hydrogen-bond donors (Lipinski definition) is 0. The fourth-order valence-electron chi connectivity index (χ4n) is 5.74. The number of esters is 1. The third-order valence-electron chi connectivity index (χ3n) is 7.60. The SMILES string of the molecule is CCCCCC1CCC(C2CCC(C3CCC(C)CC3)C(=O)O2)CC1. The van der Waals surface area contributed by atoms with Crippen LogP contribution >= 0.6 is 0 Å². The summed E-state index contributed by atoms with van der Waals surface area (Å²) < 4.78 is 6.01. The zero-order valence-corrected chi connectivity index (χ0v) is 16.7. The Morgan fingerprint density at radius 3 is 2.16 bits per heavy atom. The predicted molar refractivity (Wildman–Crippen MR) is 103 cm³/mol. The van der Waals surface area contributed by atoms with Crippen LogP contribution in [0.3, 0.4) is 0 Å². The van der Waals surface area contributed by atoms with Crippen LogP contribution in [0.5, 0.6) is 0 Å². The molecule has 3 fully saturated rings. The van der Waals surface area contributed by atoms with Gasteiger partial charge in [-0.1, -0.05) is 65.2 Å². The van der Waals surface area contributed by atoms with Gasteiger partial charge >= 0.3 is 5.97 Å². The van der Waals surface area contributed by atoms with E-state index in [-0.39, 0.29) is 18.0 Å². The lowest BCUT2D eigenvalue weighted by Crippen LogP contribution is -2.40. The second kappa shape index (κ2) is 9.42. The smallest absolute Gasteiger partial charge is 0.309 e. The Morgan fingerprint density at radius 2 is 1.52 bits per heavy atom. The summed E-state index contributed by atoms with van der Waals surface area (Å²) in [6.07, 6.45) is 18.4. The average Bonchev–Trinajstić information content (AvgIpc) is 2.63. The zero-order valence-electron chi connectivity index (χ0n) is 16.7. The Kier molecular flexibility index (Phi) is 7.25. The number of unbranched alkanes of at least 4 members (excludes halogenated alkanes) is 2. The molecule has 3 rings (SSSR count). The van der Waals surface area contributed by atoms with Crippen molar-refractivity contribution in [2.75, 3.05) is 0 Å². The van der Waals surface area contributed by atoms with Gasteiger partial charge in [-0.25, -0.2) is 0 Å². The van der Waals surface area contributed by atoms with E-state index in [1.54, 1.807) is 0 Å². The van der Waals surface area contributed by atoms with Gasteiger partial charge in [0.15, 0.2) is 0 Å². The van der Waals surface area contributed by atoms with Gasteiger partial charge in [-0.15, -0.1) is 0 Å². The molecule has 0 aromatic rings. The Hall–Kier alpha value is -0.530. The molecule has 25 heavy (non-hydrogen) atoms. The molecule has 1 heterocycles. The van der Waals surface area contributed by atoms with Crippen LogP contribution in [0.15, 0.2) is 0 Å². The lowest BCUT2D eigenvalue weighted by molar-refractivity contribution is -0.168. The van der Waals surface area contributed by atoms with Crippen molar-refractivity contribution in [3.63, 3.8) is 0 Å². The van der Waals surface area contributed by atoms with E-state index in [0.717, 1.165) is 24.7 Å². The summed E-state index contributed by atoms with van der Waals surface area (Å²) in [6.45, 7) is 4.64. The van der Waals surface area contributed by atoms with Gasteiger partial charge in [0.25, 0.3) is 0 Å². The van der Waals surface area contributed by atoms with Gasteiger partial charge in [0, 0.05) is 0 Å². The quantitative estimate of drug-likeness (QED) is 0.403. The van der Waals surface area contributed by atoms with Crippen LogP contribution in [0.4, 0.5) is 0 Å². The van der Waals surface area contributed by atoms with Crippen LogP contribution in [0.25, 0.3) is 0 Å². The van der Waals surface area contributed by atoms with Crippen molar-refractivity contribution in [1.29, 1.82) is 0 Å². The van der Waals surface area contributed by atoms with Gasteiger partial charge in [-0.05, 0) is 62.2 Å². The summed E-state index contributed by atoms with van der Waals surface area (Å²) in [7, 11) is 0. The molecule has 1 saturated heterocycles. The summed E-state index contributed by atoms with van der Waals surface area (Å²) in [5.74, 6) is 3.43. The number of hydrogen-bond acceptors (Lipinski definition) is 2. The van der Waals surface area contributed by atoms with Gasteiger partial charge in [-0.2, -0.15) is 0 Å². The molecule has 0 spiro atoms. The average molecular weight is 349 g/mol. The minimum absolute atomic E-state index is 0.154. The van der Waals surface area contributed by atoms with Crippen LogP contribution in [0, 0.1) is 29.6 Å². The lowest BCUT2D eigenvalue weighted by atomic mass is 9.72. The van der Waals surface area contributed by atoms with E-state index in [1.807, 2.05) is 0 Å². The van der Waals surface area contributed by atoms with Crippen LogP contribution in [0.2, 0.25) is 0 Å². The fraction of sp³-hybridized carbons (Fsp3) is 0.957. The summed E-state index contributed by atoms with van der Waals surface area (Å²) in [6, 6.07) is 0. The highest BCUT2D eigenvalue weighted by Crippen LogP contribution is 2.42. The summed E-state index contributed by atoms with van der Waals surface area (Å²) in [4.78, 5) is 12.6. The molecule has 0 aromatic heterocycles. The summed E-state index contributed by atoms with van der Waals surface area (Å²) >= 11 is 0. The molecule has 0 radical (unpaired) electrons. The highest BCUT2D eigenvalue weighted by Gasteiger charge is 2.40. The van der Waals surface area contributed by atoms with Gasteiger partial charge < -0.3 is 4.74 Å². The van der Waals surface area contributed by atoms with Crippen molar-refractivity contribution >= 4 is 5.97 Å². The van der Waals surface area contributed by atoms with E-state index < -0.39 is 0 Å². The number of carbonyl (C=O) groups is 1. The Balaban J connectivity index is 1.40. The largest absolute Gasteiger partial charge is 0.462 e. The summed E-state index contributed by atoms with van der Waals surface area (Å²) in [5, 5.41) is 0. The van der Waals surface area contributed by atoms with E-state index in [4.69, 9.17) is 4.74 Å². The Labute approximate surface area is 155 Å². The van der Waals surface area contributed by atoms with E-state index in [1.165, 1.54) is 77.0 Å². The molecule has 0 bridgehead atoms. The van der Waals surface area contributed by atoms with Gasteiger partial charge in [0.2, 0.25) is 0 Å². The van der Waals surface area contributed by atoms with Crippen molar-refractivity contribution in [3.05, 3.63) is 0 Å². The molecule has 0 N–H and O–H groups in total. The fourth-order valence-corrected chi connectivity index (χ4v) is 5.74. The van der Waals surface area contributed by atoms with Crippen LogP contribution in [-0.4, -0.2) is 12.1 Å². The molecule has 2 atom stereocenters. The molecule has 2 unspecified atom stereocenters. The van der Waals surface area contributed by atoms with E-state index in [0.29, 0.717) is 11.8 Å². The second-order valence-electron chi connectivity index (χ2n) is 9.46. The first-order valence-electron chi connectivity index (χ1n) is 11.4. The number of ether oxygens (including phenoxy) is 1. The van der Waals surface area contributed by atoms with E-state index >= 15 is 0 Å². The van der Waals surface area contributed by atoms with Gasteiger partial charge in [0.1, 0.15) is 6.10 Å². The van der Waals surface area contributed by atoms with Crippen molar-refractivity contribution in [2.45, 2.75) is 110 Å². The first kappa shape index (κ1) is 19.2. The van der Waals surface area contributed by atoms with Gasteiger partial charge in [-0.3, -0.25) is 4.79 Å². The first-order chi connectivity index (χ1) is 12.2. The Bertz CT molecular complexity index is 402. The van der Waals surface area contributed by atoms with Crippen LogP contribution in [-0.2, 0) is 9.53 Å². The third-order valence-corrected chi connectivity index (χ3v) is 7.60. The molecule has 0 amide bonds. The Morgan fingerprint density at radius 1 is 0.840 bits per heavy atom. The van der Waals surface area contributed by atoms with Gasteiger partial charge in [0.05, 0.1) is 5.92 Å². The maximum Gasteiger partial charge on any atom is 0.309 e. The third kappa shape index (κ3) is 5.23. The number of carbonyl (C=O) groups excluding carboxylic acids is 1. The molecular weight excluding hydrogens is 308 g/mol. The van der Waals surface area contributed by atoms with Crippen LogP contribution < -0.4 is 0 Å². The molecule has 144 valence electrons. The number of cyclic esters (lactones) is 1. The van der Waals surface area contributed by atoms with Crippen LogP contribution in [0.1, 0.15) is 104 Å². The summed E-state index contributed by atoms with van der Waals surface area (Å²) in [5.41, 5.74) is 0. The molecule has 2 aliphatic carbocycles. The molecule has 2 nitrogen and oxygen atoms in total. The number of rotatable bonds is 6. The molecule has 3 aliphatic rings. The minimum Gasteiger partial charge on any atom is -0.462 e. The highest BCUT2D eigenvalue weighted by molar-refractivity contribution is 5.73. The molecule has 0 aromatic carbocycles. The maximum atomic E-state index is 12.6. The van der Waals surface area contributed by atoms with Crippen molar-refractivity contribution < 1.29 is 9.53 Å². The van der Waals surface area contributed by atoms with Crippen molar-refractivity contribution in [3.8, 4) is 0 Å². The molecule has 2 saturated carbocycles. The standard InChI is InChI=1S/C23H40O2/c1-3-4-5-6-18-9-13-20(14-10-18)22-16-15-21(23(24)25-22)19-11-7-17(2)8-12-19/h17-22H,3-16H2,1-2H3. The van der Waals surface area contributed by atoms with Crippen molar-refractivity contribution in [2.24, 2.45) is 29.6 Å².